The molecule has 0 saturated carbocycles. The number of nitrogens with one attached hydrogen (secondary N) is 2. The van der Waals surface area contributed by atoms with E-state index in [0.717, 1.165) is 17.7 Å². The van der Waals surface area contributed by atoms with Crippen molar-refractivity contribution in [1.29, 1.82) is 5.53 Å². The SMILES string of the molecule is N=NN=C(N)CNC(=O)c1ccc(Cn2nc(-c3ccc(C(F)(F)F)cc3)cc2-c2cc(Cl)cc(Cl)c2)cc1. The minimum absolute atomic E-state index is 0.00819. The van der Waals surface area contributed by atoms with Crippen molar-refractivity contribution >= 4 is 34.9 Å². The van der Waals surface area contributed by atoms with Gasteiger partial charge in [0.2, 0.25) is 0 Å². The number of amides is 1. The number of carbonyl (C=O) groups is 1. The van der Waals surface area contributed by atoms with Gasteiger partial charge in [-0.25, -0.2) is 0 Å². The molecule has 0 fully saturated rings. The highest BCUT2D eigenvalue weighted by molar-refractivity contribution is 6.35. The summed E-state index contributed by atoms with van der Waals surface area (Å²) < 4.78 is 40.8. The smallest absolute Gasteiger partial charge is 0.384 e. The number of halogens is 5. The van der Waals surface area contributed by atoms with Gasteiger partial charge in [-0.3, -0.25) is 9.48 Å². The largest absolute Gasteiger partial charge is 0.416 e. The summed E-state index contributed by atoms with van der Waals surface area (Å²) in [4.78, 5) is 12.4. The van der Waals surface area contributed by atoms with Crippen LogP contribution in [0.3, 0.4) is 0 Å². The van der Waals surface area contributed by atoms with E-state index in [-0.39, 0.29) is 24.8 Å². The van der Waals surface area contributed by atoms with Crippen LogP contribution in [-0.4, -0.2) is 28.1 Å². The molecule has 0 bridgehead atoms. The van der Waals surface area contributed by atoms with Gasteiger partial charge in [0.05, 0.1) is 30.0 Å². The topological polar surface area (TPSA) is 122 Å². The molecule has 1 heterocycles. The van der Waals surface area contributed by atoms with Crippen molar-refractivity contribution in [3.05, 3.63) is 99.5 Å². The van der Waals surface area contributed by atoms with E-state index in [0.29, 0.717) is 38.1 Å². The second-order valence-electron chi connectivity index (χ2n) is 8.38. The molecule has 0 atom stereocenters. The maximum absolute atomic E-state index is 13.0. The van der Waals surface area contributed by atoms with E-state index >= 15 is 0 Å². The molecular weight excluding hydrogens is 554 g/mol. The molecule has 0 aliphatic heterocycles. The Morgan fingerprint density at radius 1 is 0.974 bits per heavy atom. The molecular formula is C26H20Cl2F3N7O. The van der Waals surface area contributed by atoms with Gasteiger partial charge in [-0.2, -0.15) is 23.8 Å². The lowest BCUT2D eigenvalue weighted by atomic mass is 10.1. The zero-order valence-corrected chi connectivity index (χ0v) is 21.5. The molecule has 3 aromatic carbocycles. The number of carbonyl (C=O) groups excluding carboxylic acids is 1. The third-order valence-electron chi connectivity index (χ3n) is 5.60. The average molecular weight is 574 g/mol. The van der Waals surface area contributed by atoms with Gasteiger partial charge in [-0.1, -0.05) is 52.7 Å². The number of benzene rings is 3. The number of amidine groups is 1. The lowest BCUT2D eigenvalue weighted by molar-refractivity contribution is -0.137. The standard InChI is InChI=1S/C26H20Cl2F3N7O/c27-20-9-18(10-21(28)11-20)23-12-22(16-5-7-19(8-6-16)26(29,30)31)36-38(23)14-15-1-3-17(4-2-15)25(39)34-13-24(32)35-37-33/h1-12H,13-14H2,(H,34,39)(H3,32,33,35). The Labute approximate surface area is 230 Å². The van der Waals surface area contributed by atoms with Crippen LogP contribution in [0.25, 0.3) is 22.5 Å². The van der Waals surface area contributed by atoms with E-state index in [4.69, 9.17) is 34.5 Å². The van der Waals surface area contributed by atoms with Crippen LogP contribution in [0.4, 0.5) is 13.2 Å². The number of nitrogens with two attached hydrogens (primary N) is 1. The summed E-state index contributed by atoms with van der Waals surface area (Å²) in [7, 11) is 0. The third kappa shape index (κ3) is 7.01. The monoisotopic (exact) mass is 573 g/mol. The van der Waals surface area contributed by atoms with Gasteiger partial charge in [0.15, 0.2) is 0 Å². The van der Waals surface area contributed by atoms with Crippen molar-refractivity contribution in [2.24, 2.45) is 16.1 Å². The Hall–Kier alpha value is -4.22. The molecule has 13 heteroatoms. The first-order chi connectivity index (χ1) is 18.5. The summed E-state index contributed by atoms with van der Waals surface area (Å²) in [5, 5.41) is 14.2. The quantitative estimate of drug-likeness (QED) is 0.0949. The molecule has 4 aromatic rings. The highest BCUT2D eigenvalue weighted by Gasteiger charge is 2.30. The Morgan fingerprint density at radius 2 is 1.62 bits per heavy atom. The second-order valence-corrected chi connectivity index (χ2v) is 9.25. The van der Waals surface area contributed by atoms with E-state index in [1.165, 1.54) is 12.1 Å². The molecule has 0 radical (unpaired) electrons. The fraction of sp³-hybridized carbons (Fsp3) is 0.115. The van der Waals surface area contributed by atoms with Gasteiger partial charge >= 0.3 is 6.18 Å². The average Bonchev–Trinajstić information content (AvgIpc) is 3.31. The van der Waals surface area contributed by atoms with Crippen molar-refractivity contribution in [1.82, 2.24) is 15.1 Å². The Balaban J connectivity index is 1.63. The number of aromatic nitrogens is 2. The van der Waals surface area contributed by atoms with E-state index in [9.17, 15) is 18.0 Å². The van der Waals surface area contributed by atoms with Crippen molar-refractivity contribution < 1.29 is 18.0 Å². The van der Waals surface area contributed by atoms with Gasteiger partial charge in [0.25, 0.3) is 5.91 Å². The van der Waals surface area contributed by atoms with Gasteiger partial charge in [0, 0.05) is 26.7 Å². The van der Waals surface area contributed by atoms with Gasteiger partial charge in [-0.15, -0.1) is 5.10 Å². The fourth-order valence-electron chi connectivity index (χ4n) is 3.75. The lowest BCUT2D eigenvalue weighted by Gasteiger charge is -2.10. The molecule has 200 valence electrons. The normalized spacial score (nSPS) is 11.9. The van der Waals surface area contributed by atoms with Crippen LogP contribution in [0.1, 0.15) is 21.5 Å². The molecule has 4 N–H and O–H groups in total. The van der Waals surface area contributed by atoms with Crippen molar-refractivity contribution in [2.75, 3.05) is 6.54 Å². The van der Waals surface area contributed by atoms with Crippen LogP contribution in [0.15, 0.2) is 83.1 Å². The molecule has 0 aliphatic rings. The first kappa shape index (κ1) is 27.8. The molecule has 39 heavy (non-hydrogen) atoms. The Bertz CT molecular complexity index is 1510. The first-order valence-electron chi connectivity index (χ1n) is 11.3. The fourth-order valence-corrected chi connectivity index (χ4v) is 4.28. The van der Waals surface area contributed by atoms with Crippen LogP contribution in [0.2, 0.25) is 10.0 Å². The zero-order valence-electron chi connectivity index (χ0n) is 20.0. The molecule has 1 aromatic heterocycles. The Kier molecular flexibility index (Phi) is 8.32. The first-order valence-corrected chi connectivity index (χ1v) is 12.1. The third-order valence-corrected chi connectivity index (χ3v) is 6.04. The van der Waals surface area contributed by atoms with Crippen LogP contribution in [0, 0.1) is 5.53 Å². The maximum atomic E-state index is 13.0. The highest BCUT2D eigenvalue weighted by Crippen LogP contribution is 2.33. The summed E-state index contributed by atoms with van der Waals surface area (Å²) in [6.07, 6.45) is -4.44. The summed E-state index contributed by atoms with van der Waals surface area (Å²) in [5.74, 6) is -0.395. The highest BCUT2D eigenvalue weighted by atomic mass is 35.5. The summed E-state index contributed by atoms with van der Waals surface area (Å²) in [6, 6.07) is 18.3. The van der Waals surface area contributed by atoms with Crippen LogP contribution < -0.4 is 11.1 Å². The molecule has 0 saturated heterocycles. The van der Waals surface area contributed by atoms with Gasteiger partial charge in [-0.05, 0) is 54.1 Å². The van der Waals surface area contributed by atoms with Crippen molar-refractivity contribution in [3.8, 4) is 22.5 Å². The molecule has 8 nitrogen and oxygen atoms in total. The second kappa shape index (κ2) is 11.7. The number of rotatable bonds is 8. The lowest BCUT2D eigenvalue weighted by Crippen LogP contribution is -2.33. The summed E-state index contributed by atoms with van der Waals surface area (Å²) in [6.45, 7) is 0.223. The van der Waals surface area contributed by atoms with Crippen LogP contribution in [-0.2, 0) is 12.7 Å². The molecule has 0 spiro atoms. The van der Waals surface area contributed by atoms with Crippen molar-refractivity contribution in [2.45, 2.75) is 12.7 Å². The van der Waals surface area contributed by atoms with Gasteiger partial charge < -0.3 is 11.1 Å². The predicted octanol–water partition coefficient (Wildman–Crippen LogP) is 6.62. The molecule has 4 rings (SSSR count). The summed E-state index contributed by atoms with van der Waals surface area (Å²) in [5.41, 5.74) is 14.9. The summed E-state index contributed by atoms with van der Waals surface area (Å²) >= 11 is 12.4. The van der Waals surface area contributed by atoms with E-state index < -0.39 is 11.7 Å². The predicted molar refractivity (Wildman–Crippen MR) is 143 cm³/mol. The number of hydrogen-bond donors (Lipinski definition) is 3. The van der Waals surface area contributed by atoms with Crippen LogP contribution >= 0.6 is 23.2 Å². The minimum Gasteiger partial charge on any atom is -0.384 e. The number of nitrogens with zero attached hydrogens (tertiary/aromatic N) is 4. The van der Waals surface area contributed by atoms with Crippen molar-refractivity contribution in [3.63, 3.8) is 0 Å². The maximum Gasteiger partial charge on any atom is 0.416 e. The molecule has 0 unspecified atom stereocenters. The molecule has 1 amide bonds. The van der Waals surface area contributed by atoms with E-state index in [2.05, 4.69) is 20.7 Å². The number of hydrogen-bond acceptors (Lipinski definition) is 4. The number of alkyl halides is 3. The van der Waals surface area contributed by atoms with Gasteiger partial charge in [0.1, 0.15) is 5.84 Å². The van der Waals surface area contributed by atoms with E-state index in [1.807, 2.05) is 0 Å². The molecule has 0 aliphatic carbocycles. The zero-order chi connectivity index (χ0) is 28.2. The Morgan fingerprint density at radius 3 is 2.21 bits per heavy atom. The van der Waals surface area contributed by atoms with E-state index in [1.54, 1.807) is 53.2 Å². The van der Waals surface area contributed by atoms with Crippen LogP contribution in [0.5, 0.6) is 0 Å². The minimum atomic E-state index is -4.44.